The summed E-state index contributed by atoms with van der Waals surface area (Å²) in [6, 6.07) is 9.99. The first-order valence-corrected chi connectivity index (χ1v) is 12.2. The summed E-state index contributed by atoms with van der Waals surface area (Å²) in [5.74, 6) is 2.17. The van der Waals surface area contributed by atoms with Crippen LogP contribution in [0.15, 0.2) is 24.3 Å². The summed E-state index contributed by atoms with van der Waals surface area (Å²) in [5, 5.41) is 3.20. The highest BCUT2D eigenvalue weighted by Gasteiger charge is 2.43. The van der Waals surface area contributed by atoms with Gasteiger partial charge in [-0.2, -0.15) is 0 Å². The predicted octanol–water partition coefficient (Wildman–Crippen LogP) is 6.33. The Labute approximate surface area is 182 Å². The molecule has 1 heterocycles. The van der Waals surface area contributed by atoms with E-state index in [0.29, 0.717) is 5.41 Å². The quantitative estimate of drug-likeness (QED) is 0.626. The van der Waals surface area contributed by atoms with Gasteiger partial charge in [0.2, 0.25) is 5.91 Å². The smallest absolute Gasteiger partial charge is 0.217 e. The van der Waals surface area contributed by atoms with Crippen molar-refractivity contribution in [1.82, 2.24) is 10.2 Å². The molecule has 2 saturated carbocycles. The second-order valence-electron chi connectivity index (χ2n) is 10.5. The molecule has 5 rings (SSSR count). The van der Waals surface area contributed by atoms with Gasteiger partial charge < -0.3 is 10.2 Å². The van der Waals surface area contributed by atoms with Gasteiger partial charge in [-0.3, -0.25) is 4.79 Å². The largest absolute Gasteiger partial charge is 0.350 e. The molecule has 1 aromatic carbocycles. The van der Waals surface area contributed by atoms with E-state index in [9.17, 15) is 4.79 Å². The van der Waals surface area contributed by atoms with Crippen molar-refractivity contribution in [3.8, 4) is 0 Å². The van der Waals surface area contributed by atoms with Crippen LogP contribution >= 0.6 is 0 Å². The van der Waals surface area contributed by atoms with Crippen LogP contribution in [0.25, 0.3) is 0 Å². The number of carbonyl (C=O) groups is 1. The number of carbonyl (C=O) groups excluding carboxylic acids is 1. The second kappa shape index (κ2) is 8.06. The molecule has 4 atom stereocenters. The van der Waals surface area contributed by atoms with E-state index in [0.717, 1.165) is 24.3 Å². The highest BCUT2D eigenvalue weighted by molar-refractivity contribution is 5.73. The third-order valence-electron chi connectivity index (χ3n) is 8.93. The highest BCUT2D eigenvalue weighted by atomic mass is 16.1. The molecule has 166 valence electrons. The fraction of sp³-hybridized carbons (Fsp3) is 0.731. The number of amides is 1. The number of rotatable bonds is 2. The van der Waals surface area contributed by atoms with Crippen LogP contribution < -0.4 is 5.32 Å². The third kappa shape index (κ3) is 3.87. The number of fused-ring (bicyclic) bond motifs is 4. The molecule has 0 radical (unpaired) electrons. The Kier molecular flexibility index (Phi) is 5.45. The van der Waals surface area contributed by atoms with E-state index in [2.05, 4.69) is 34.5 Å². The van der Waals surface area contributed by atoms with Crippen LogP contribution in [0.3, 0.4) is 0 Å². The molecule has 29 heavy (non-hydrogen) atoms. The number of benzene rings is 1. The topological polar surface area (TPSA) is 32.3 Å². The fourth-order valence-electron chi connectivity index (χ4n) is 7.30. The van der Waals surface area contributed by atoms with Crippen molar-refractivity contribution in [3.05, 3.63) is 35.4 Å². The normalized spacial score (nSPS) is 34.2. The molecule has 2 bridgehead atoms. The molecular weight excluding hydrogens is 356 g/mol. The standard InChI is InChI=1S/C26H38N2O.4H2/c1-19(29)27-25-12-13-26(24-5-3-2-4-23(24)25)14-16-28(17-15-26)22-10-8-20-6-7-21(18-20)9-11-22;;;;/h2-5,20-22,25H,6-18H2,1H3,(H,27,29);4*1H/t20-,21?,22?,25-;;;;/m0..../s1. The van der Waals surface area contributed by atoms with Gasteiger partial charge in [-0.25, -0.2) is 0 Å². The Morgan fingerprint density at radius 3 is 2.31 bits per heavy atom. The molecular formula is C26H46N2O. The Hall–Kier alpha value is -1.35. The minimum absolute atomic E-state index is 0. The van der Waals surface area contributed by atoms with Gasteiger partial charge in [0.05, 0.1) is 6.04 Å². The zero-order chi connectivity index (χ0) is 19.8. The van der Waals surface area contributed by atoms with Gasteiger partial charge in [-0.05, 0) is 99.3 Å². The summed E-state index contributed by atoms with van der Waals surface area (Å²) < 4.78 is 0. The second-order valence-corrected chi connectivity index (χ2v) is 10.5. The molecule has 3 aliphatic carbocycles. The molecule has 2 unspecified atom stereocenters. The molecule has 4 aliphatic rings. The molecule has 0 aromatic heterocycles. The van der Waals surface area contributed by atoms with Crippen LogP contribution in [0.2, 0.25) is 0 Å². The number of hydrogen-bond acceptors (Lipinski definition) is 2. The van der Waals surface area contributed by atoms with E-state index in [4.69, 9.17) is 0 Å². The van der Waals surface area contributed by atoms with Gasteiger partial charge in [0.1, 0.15) is 0 Å². The molecule has 1 spiro atoms. The van der Waals surface area contributed by atoms with Crippen LogP contribution in [-0.4, -0.2) is 29.9 Å². The van der Waals surface area contributed by atoms with E-state index in [-0.39, 0.29) is 17.7 Å². The molecule has 3 nitrogen and oxygen atoms in total. The van der Waals surface area contributed by atoms with Gasteiger partial charge in [0, 0.05) is 18.7 Å². The third-order valence-corrected chi connectivity index (χ3v) is 8.93. The lowest BCUT2D eigenvalue weighted by molar-refractivity contribution is -0.119. The summed E-state index contributed by atoms with van der Waals surface area (Å²) in [7, 11) is 0. The molecule has 1 saturated heterocycles. The van der Waals surface area contributed by atoms with Crippen molar-refractivity contribution < 1.29 is 10.5 Å². The number of likely N-dealkylation sites (tertiary alicyclic amines) is 1. The maximum atomic E-state index is 11.7. The average Bonchev–Trinajstić information content (AvgIpc) is 3.20. The van der Waals surface area contributed by atoms with Gasteiger partial charge in [0.25, 0.3) is 0 Å². The van der Waals surface area contributed by atoms with Gasteiger partial charge in [-0.1, -0.05) is 37.1 Å². The molecule has 3 heteroatoms. The minimum atomic E-state index is 0. The van der Waals surface area contributed by atoms with Gasteiger partial charge >= 0.3 is 0 Å². The van der Waals surface area contributed by atoms with Crippen molar-refractivity contribution in [2.24, 2.45) is 11.8 Å². The Bertz CT molecular complexity index is 740. The molecule has 1 aromatic rings. The number of nitrogens with one attached hydrogen (secondary N) is 1. The van der Waals surface area contributed by atoms with Crippen molar-refractivity contribution in [3.63, 3.8) is 0 Å². The van der Waals surface area contributed by atoms with Gasteiger partial charge in [-0.15, -0.1) is 0 Å². The van der Waals surface area contributed by atoms with Gasteiger partial charge in [0.15, 0.2) is 0 Å². The predicted molar refractivity (Wildman–Crippen MR) is 126 cm³/mol. The van der Waals surface area contributed by atoms with E-state index < -0.39 is 0 Å². The summed E-state index contributed by atoms with van der Waals surface area (Å²) in [6.07, 6.45) is 15.3. The van der Waals surface area contributed by atoms with Crippen molar-refractivity contribution >= 4 is 5.91 Å². The average molecular weight is 403 g/mol. The summed E-state index contributed by atoms with van der Waals surface area (Å²) in [6.45, 7) is 4.17. The summed E-state index contributed by atoms with van der Waals surface area (Å²) in [4.78, 5) is 14.6. The molecule has 3 fully saturated rings. The highest BCUT2D eigenvalue weighted by Crippen LogP contribution is 2.49. The minimum Gasteiger partial charge on any atom is -0.350 e. The van der Waals surface area contributed by atoms with Crippen LogP contribution in [0.1, 0.15) is 100 Å². The van der Waals surface area contributed by atoms with Crippen molar-refractivity contribution in [1.29, 1.82) is 0 Å². The van der Waals surface area contributed by atoms with Crippen molar-refractivity contribution in [2.45, 2.75) is 95.1 Å². The first-order valence-electron chi connectivity index (χ1n) is 12.2. The van der Waals surface area contributed by atoms with E-state index in [1.54, 1.807) is 6.92 Å². The van der Waals surface area contributed by atoms with E-state index in [1.165, 1.54) is 88.4 Å². The van der Waals surface area contributed by atoms with E-state index >= 15 is 0 Å². The first-order chi connectivity index (χ1) is 14.1. The summed E-state index contributed by atoms with van der Waals surface area (Å²) >= 11 is 0. The Morgan fingerprint density at radius 2 is 1.62 bits per heavy atom. The zero-order valence-electron chi connectivity index (χ0n) is 18.2. The number of piperidine rings is 1. The lowest BCUT2D eigenvalue weighted by Crippen LogP contribution is -2.49. The van der Waals surface area contributed by atoms with Crippen molar-refractivity contribution in [2.75, 3.05) is 13.1 Å². The van der Waals surface area contributed by atoms with Crippen LogP contribution in [0.5, 0.6) is 0 Å². The van der Waals surface area contributed by atoms with Crippen LogP contribution in [0.4, 0.5) is 0 Å². The lowest BCUT2D eigenvalue weighted by atomic mass is 9.63. The van der Waals surface area contributed by atoms with Crippen LogP contribution in [-0.2, 0) is 10.2 Å². The maximum Gasteiger partial charge on any atom is 0.217 e. The Morgan fingerprint density at radius 1 is 0.966 bits per heavy atom. The molecule has 1 aliphatic heterocycles. The maximum absolute atomic E-state index is 11.7. The fourth-order valence-corrected chi connectivity index (χ4v) is 7.30. The van der Waals surface area contributed by atoms with Crippen LogP contribution in [0, 0.1) is 11.8 Å². The number of hydrogen-bond donors (Lipinski definition) is 1. The van der Waals surface area contributed by atoms with E-state index in [1.807, 2.05) is 0 Å². The molecule has 1 N–H and O–H groups in total. The summed E-state index contributed by atoms with van der Waals surface area (Å²) in [5.41, 5.74) is 3.24. The first kappa shape index (κ1) is 19.6. The molecule has 1 amide bonds. The zero-order valence-corrected chi connectivity index (χ0v) is 18.2. The number of nitrogens with zero attached hydrogens (tertiary/aromatic N) is 1. The Balaban J connectivity index is 0.00000136. The SMILES string of the molecule is CC(=O)N[C@H]1CCC2(CCN(C3CCC4CC[C@@H](CC3)C4)CC2)c2ccccc21.[HH].[HH].[HH].[HH]. The monoisotopic (exact) mass is 402 g/mol. The lowest BCUT2D eigenvalue weighted by Gasteiger charge is -2.49.